The first-order chi connectivity index (χ1) is 15.0. The molecule has 3 aromatic carbocycles. The SMILES string of the molecule is O=C1S/C(=C\c2ccc(OCc3cccc([N+](=O)[O-])c3)cc2)C(=O)N1c1ccccc1. The number of ether oxygens (including phenoxy) is 1. The van der Waals surface area contributed by atoms with E-state index in [1.54, 1.807) is 66.7 Å². The van der Waals surface area contributed by atoms with Gasteiger partial charge in [-0.05, 0) is 53.2 Å². The predicted octanol–water partition coefficient (Wildman–Crippen LogP) is 5.41. The van der Waals surface area contributed by atoms with Crippen molar-refractivity contribution in [2.45, 2.75) is 6.61 Å². The zero-order valence-electron chi connectivity index (χ0n) is 16.1. The van der Waals surface area contributed by atoms with Gasteiger partial charge in [-0.1, -0.05) is 42.5 Å². The van der Waals surface area contributed by atoms with Gasteiger partial charge in [0.1, 0.15) is 12.4 Å². The lowest BCUT2D eigenvalue weighted by molar-refractivity contribution is -0.384. The van der Waals surface area contributed by atoms with Crippen molar-refractivity contribution in [2.24, 2.45) is 0 Å². The largest absolute Gasteiger partial charge is 0.489 e. The van der Waals surface area contributed by atoms with Crippen molar-refractivity contribution in [1.29, 1.82) is 0 Å². The average Bonchev–Trinajstić information content (AvgIpc) is 3.06. The molecule has 3 aromatic rings. The molecule has 1 aliphatic heterocycles. The van der Waals surface area contributed by atoms with Gasteiger partial charge in [0.2, 0.25) is 0 Å². The highest BCUT2D eigenvalue weighted by Gasteiger charge is 2.36. The number of imide groups is 1. The van der Waals surface area contributed by atoms with Gasteiger partial charge in [0.15, 0.2) is 0 Å². The molecule has 154 valence electrons. The van der Waals surface area contributed by atoms with Crippen LogP contribution in [0.4, 0.5) is 16.2 Å². The highest BCUT2D eigenvalue weighted by molar-refractivity contribution is 8.19. The molecule has 1 fully saturated rings. The maximum absolute atomic E-state index is 12.7. The summed E-state index contributed by atoms with van der Waals surface area (Å²) in [6.07, 6.45) is 1.66. The van der Waals surface area contributed by atoms with E-state index in [1.165, 1.54) is 12.1 Å². The van der Waals surface area contributed by atoms with Crippen LogP contribution in [0, 0.1) is 10.1 Å². The molecular weight excluding hydrogens is 416 g/mol. The van der Waals surface area contributed by atoms with Crippen molar-refractivity contribution in [2.75, 3.05) is 4.90 Å². The Hall–Kier alpha value is -3.91. The van der Waals surface area contributed by atoms with E-state index < -0.39 is 4.92 Å². The third-order valence-electron chi connectivity index (χ3n) is 4.51. The first-order valence-electron chi connectivity index (χ1n) is 9.30. The van der Waals surface area contributed by atoms with Crippen LogP contribution in [0.15, 0.2) is 83.8 Å². The van der Waals surface area contributed by atoms with Crippen molar-refractivity contribution < 1.29 is 19.2 Å². The molecule has 31 heavy (non-hydrogen) atoms. The number of nitrogens with zero attached hydrogens (tertiary/aromatic N) is 2. The standard InChI is InChI=1S/C23H16N2O5S/c26-22-21(31-23(27)24(22)18-6-2-1-3-7-18)14-16-9-11-20(12-10-16)30-15-17-5-4-8-19(13-17)25(28)29/h1-14H,15H2/b21-14-. The topological polar surface area (TPSA) is 89.7 Å². The molecule has 2 amide bonds. The number of nitro benzene ring substituents is 1. The molecule has 1 heterocycles. The van der Waals surface area contributed by atoms with Crippen molar-refractivity contribution >= 4 is 40.4 Å². The minimum atomic E-state index is -0.447. The Morgan fingerprint density at radius 1 is 0.968 bits per heavy atom. The number of carbonyl (C=O) groups excluding carboxylic acids is 2. The van der Waals surface area contributed by atoms with Crippen molar-refractivity contribution in [3.8, 4) is 5.75 Å². The molecule has 0 aliphatic carbocycles. The van der Waals surface area contributed by atoms with Gasteiger partial charge in [0, 0.05) is 12.1 Å². The Morgan fingerprint density at radius 2 is 1.71 bits per heavy atom. The highest BCUT2D eigenvalue weighted by atomic mass is 32.2. The summed E-state index contributed by atoms with van der Waals surface area (Å²) >= 11 is 0.899. The van der Waals surface area contributed by atoms with Crippen LogP contribution in [0.5, 0.6) is 5.75 Å². The summed E-state index contributed by atoms with van der Waals surface area (Å²) in [6.45, 7) is 0.191. The number of hydrogen-bond donors (Lipinski definition) is 0. The summed E-state index contributed by atoms with van der Waals surface area (Å²) in [5.74, 6) is 0.230. The van der Waals surface area contributed by atoms with Crippen molar-refractivity contribution in [3.05, 3.63) is 105 Å². The first-order valence-corrected chi connectivity index (χ1v) is 10.1. The zero-order valence-corrected chi connectivity index (χ0v) is 17.0. The Balaban J connectivity index is 1.43. The Morgan fingerprint density at radius 3 is 2.42 bits per heavy atom. The summed E-state index contributed by atoms with van der Waals surface area (Å²) in [5, 5.41) is 10.5. The van der Waals surface area contributed by atoms with E-state index in [0.29, 0.717) is 21.9 Å². The van der Waals surface area contributed by atoms with E-state index in [1.807, 2.05) is 6.07 Å². The molecule has 1 saturated heterocycles. The van der Waals surface area contributed by atoms with Gasteiger partial charge in [-0.15, -0.1) is 0 Å². The number of benzene rings is 3. The van der Waals surface area contributed by atoms with Crippen LogP contribution in [-0.2, 0) is 11.4 Å². The molecule has 0 aromatic heterocycles. The molecule has 0 radical (unpaired) electrons. The Bertz CT molecular complexity index is 1180. The van der Waals surface area contributed by atoms with Gasteiger partial charge in [0.25, 0.3) is 16.8 Å². The van der Waals surface area contributed by atoms with Crippen molar-refractivity contribution in [1.82, 2.24) is 0 Å². The number of thioether (sulfide) groups is 1. The molecule has 8 heteroatoms. The lowest BCUT2D eigenvalue weighted by atomic mass is 10.2. The molecule has 4 rings (SSSR count). The van der Waals surface area contributed by atoms with Gasteiger partial charge in [-0.3, -0.25) is 19.7 Å². The lowest BCUT2D eigenvalue weighted by Crippen LogP contribution is -2.27. The van der Waals surface area contributed by atoms with E-state index in [9.17, 15) is 19.7 Å². The fourth-order valence-electron chi connectivity index (χ4n) is 3.01. The molecule has 0 atom stereocenters. The minimum Gasteiger partial charge on any atom is -0.489 e. The maximum atomic E-state index is 12.7. The third kappa shape index (κ3) is 4.65. The maximum Gasteiger partial charge on any atom is 0.298 e. The van der Waals surface area contributed by atoms with Gasteiger partial charge in [-0.2, -0.15) is 0 Å². The highest BCUT2D eigenvalue weighted by Crippen LogP contribution is 2.35. The molecule has 1 aliphatic rings. The van der Waals surface area contributed by atoms with E-state index in [2.05, 4.69) is 0 Å². The fraction of sp³-hybridized carbons (Fsp3) is 0.0435. The quantitative estimate of drug-likeness (QED) is 0.294. The van der Waals surface area contributed by atoms with E-state index >= 15 is 0 Å². The predicted molar refractivity (Wildman–Crippen MR) is 119 cm³/mol. The van der Waals surface area contributed by atoms with Crippen LogP contribution in [0.3, 0.4) is 0 Å². The zero-order chi connectivity index (χ0) is 21.8. The summed E-state index contributed by atoms with van der Waals surface area (Å²) in [6, 6.07) is 22.1. The van der Waals surface area contributed by atoms with Crippen molar-refractivity contribution in [3.63, 3.8) is 0 Å². The Kier molecular flexibility index (Phi) is 5.81. The van der Waals surface area contributed by atoms with E-state index in [-0.39, 0.29) is 23.4 Å². The minimum absolute atomic E-state index is 0.0147. The summed E-state index contributed by atoms with van der Waals surface area (Å²) in [7, 11) is 0. The number of rotatable bonds is 6. The number of carbonyl (C=O) groups is 2. The van der Waals surface area contributed by atoms with Crippen LogP contribution >= 0.6 is 11.8 Å². The molecule has 0 N–H and O–H groups in total. The van der Waals surface area contributed by atoms with E-state index in [4.69, 9.17) is 4.74 Å². The summed E-state index contributed by atoms with van der Waals surface area (Å²) in [4.78, 5) is 36.9. The molecule has 0 bridgehead atoms. The fourth-order valence-corrected chi connectivity index (χ4v) is 3.85. The van der Waals surface area contributed by atoms with Gasteiger partial charge >= 0.3 is 0 Å². The Labute approximate surface area is 182 Å². The first kappa shape index (κ1) is 20.4. The molecule has 0 saturated carbocycles. The van der Waals surface area contributed by atoms with Gasteiger partial charge in [-0.25, -0.2) is 4.90 Å². The summed E-state index contributed by atoms with van der Waals surface area (Å²) < 4.78 is 5.69. The second-order valence-electron chi connectivity index (χ2n) is 6.64. The van der Waals surface area contributed by atoms with Crippen LogP contribution in [-0.4, -0.2) is 16.1 Å². The smallest absolute Gasteiger partial charge is 0.298 e. The molecule has 7 nitrogen and oxygen atoms in total. The molecular formula is C23H16N2O5S. The number of nitro groups is 1. The van der Waals surface area contributed by atoms with Gasteiger partial charge < -0.3 is 4.74 Å². The van der Waals surface area contributed by atoms with Crippen LogP contribution < -0.4 is 9.64 Å². The number of non-ortho nitro benzene ring substituents is 1. The second-order valence-corrected chi connectivity index (χ2v) is 7.63. The average molecular weight is 432 g/mol. The second kappa shape index (κ2) is 8.85. The van der Waals surface area contributed by atoms with E-state index in [0.717, 1.165) is 22.2 Å². The number of hydrogen-bond acceptors (Lipinski definition) is 6. The number of amides is 2. The third-order valence-corrected chi connectivity index (χ3v) is 5.38. The number of para-hydroxylation sites is 1. The molecule has 0 unspecified atom stereocenters. The van der Waals surface area contributed by atoms with Gasteiger partial charge in [0.05, 0.1) is 15.5 Å². The van der Waals surface area contributed by atoms with Crippen LogP contribution in [0.25, 0.3) is 6.08 Å². The monoisotopic (exact) mass is 432 g/mol. The molecule has 0 spiro atoms. The normalized spacial score (nSPS) is 14.8. The van der Waals surface area contributed by atoms with Crippen LogP contribution in [0.2, 0.25) is 0 Å². The summed E-state index contributed by atoms with van der Waals surface area (Å²) in [5.41, 5.74) is 1.99. The number of anilines is 1. The van der Waals surface area contributed by atoms with Crippen LogP contribution in [0.1, 0.15) is 11.1 Å². The lowest BCUT2D eigenvalue weighted by Gasteiger charge is -2.11.